The smallest absolute Gasteiger partial charge is 0.181 e. The van der Waals surface area contributed by atoms with Gasteiger partial charge in [0, 0.05) is 12.5 Å². The Labute approximate surface area is 76.8 Å². The van der Waals surface area contributed by atoms with Crippen LogP contribution in [-0.4, -0.2) is 15.3 Å². The van der Waals surface area contributed by atoms with Crippen molar-refractivity contribution in [2.75, 3.05) is 0 Å². The van der Waals surface area contributed by atoms with E-state index < -0.39 is 0 Å². The topological polar surface area (TPSA) is 34.9 Å². The Morgan fingerprint density at radius 1 is 1.38 bits per heavy atom. The maximum absolute atomic E-state index is 11.6. The predicted molar refractivity (Wildman–Crippen MR) is 47.8 cm³/mol. The number of carbonyl (C=O) groups is 1. The maximum atomic E-state index is 11.6. The molecule has 3 rings (SSSR count). The third-order valence-corrected chi connectivity index (χ3v) is 2.89. The van der Waals surface area contributed by atoms with E-state index in [4.69, 9.17) is 0 Å². The molecule has 1 heterocycles. The zero-order valence-electron chi connectivity index (χ0n) is 7.49. The first-order chi connectivity index (χ1) is 6.36. The molecule has 1 fully saturated rings. The van der Waals surface area contributed by atoms with Crippen LogP contribution < -0.4 is 0 Å². The summed E-state index contributed by atoms with van der Waals surface area (Å²) in [7, 11) is 0. The van der Waals surface area contributed by atoms with Gasteiger partial charge in [0.1, 0.15) is 5.69 Å². The molecule has 1 aromatic heterocycles. The molecule has 13 heavy (non-hydrogen) atoms. The largest absolute Gasteiger partial charge is 0.325 e. The molecule has 3 heteroatoms. The number of carbonyl (C=O) groups excluding carboxylic acids is 1. The third-order valence-electron chi connectivity index (χ3n) is 2.89. The fraction of sp³-hybridized carbons (Fsp3) is 0.600. The number of imidazole rings is 1. The summed E-state index contributed by atoms with van der Waals surface area (Å²) in [6.07, 6.45) is 6.97. The van der Waals surface area contributed by atoms with Gasteiger partial charge in [-0.25, -0.2) is 4.98 Å². The lowest BCUT2D eigenvalue weighted by Gasteiger charge is -2.11. The quantitative estimate of drug-likeness (QED) is 0.653. The minimum atomic E-state index is 0.297. The molecule has 0 radical (unpaired) electrons. The first kappa shape index (κ1) is 7.30. The normalized spacial score (nSPS) is 21.7. The molecular formula is C10H12N2O. The van der Waals surface area contributed by atoms with Gasteiger partial charge in [0.2, 0.25) is 0 Å². The highest BCUT2D eigenvalue weighted by Crippen LogP contribution is 2.37. The molecule has 1 saturated carbocycles. The van der Waals surface area contributed by atoms with E-state index in [0.29, 0.717) is 18.2 Å². The van der Waals surface area contributed by atoms with Crippen LogP contribution in [0.4, 0.5) is 0 Å². The summed E-state index contributed by atoms with van der Waals surface area (Å²) in [5.74, 6) is 0.297. The number of aromatic nitrogens is 2. The molecule has 1 aromatic rings. The number of rotatable bonds is 1. The highest BCUT2D eigenvalue weighted by Gasteiger charge is 2.31. The van der Waals surface area contributed by atoms with Crippen molar-refractivity contribution in [2.45, 2.75) is 38.1 Å². The highest BCUT2D eigenvalue weighted by molar-refractivity contribution is 5.96. The molecule has 0 amide bonds. The fourth-order valence-corrected chi connectivity index (χ4v) is 2.05. The van der Waals surface area contributed by atoms with Crippen molar-refractivity contribution in [3.63, 3.8) is 0 Å². The van der Waals surface area contributed by atoms with Crippen LogP contribution in [0.25, 0.3) is 0 Å². The molecule has 0 aliphatic heterocycles. The molecule has 0 N–H and O–H groups in total. The summed E-state index contributed by atoms with van der Waals surface area (Å²) in [5.41, 5.74) is 1.94. The number of hydrogen-bond acceptors (Lipinski definition) is 2. The summed E-state index contributed by atoms with van der Waals surface area (Å²) >= 11 is 0. The molecule has 0 aromatic carbocycles. The lowest BCUT2D eigenvalue weighted by molar-refractivity contribution is 0.0962. The number of Topliss-reactive ketones (excluding diaryl/α,β-unsaturated/α-hetero) is 1. The van der Waals surface area contributed by atoms with Crippen LogP contribution in [0.5, 0.6) is 0 Å². The van der Waals surface area contributed by atoms with E-state index in [1.807, 2.05) is 6.33 Å². The van der Waals surface area contributed by atoms with E-state index >= 15 is 0 Å². The second-order valence-corrected chi connectivity index (χ2v) is 3.96. The highest BCUT2D eigenvalue weighted by atomic mass is 16.1. The van der Waals surface area contributed by atoms with E-state index in [1.165, 1.54) is 12.8 Å². The molecule has 2 aliphatic carbocycles. The van der Waals surface area contributed by atoms with Crippen molar-refractivity contribution in [2.24, 2.45) is 0 Å². The van der Waals surface area contributed by atoms with E-state index in [1.54, 1.807) is 0 Å². The van der Waals surface area contributed by atoms with Crippen molar-refractivity contribution in [3.8, 4) is 0 Å². The van der Waals surface area contributed by atoms with E-state index in [9.17, 15) is 4.79 Å². The third kappa shape index (κ3) is 1.03. The van der Waals surface area contributed by atoms with Crippen molar-refractivity contribution < 1.29 is 4.79 Å². The average molecular weight is 176 g/mol. The summed E-state index contributed by atoms with van der Waals surface area (Å²) < 4.78 is 2.09. The lowest BCUT2D eigenvalue weighted by Crippen LogP contribution is -2.14. The van der Waals surface area contributed by atoms with Crippen LogP contribution in [0.2, 0.25) is 0 Å². The Morgan fingerprint density at radius 3 is 3.00 bits per heavy atom. The standard InChI is InChI=1S/C10H12N2O/c13-9-3-1-2-8-10(9)12(6-11-8)7-4-5-7/h6-7H,1-5H2. The first-order valence-corrected chi connectivity index (χ1v) is 4.95. The monoisotopic (exact) mass is 176 g/mol. The maximum Gasteiger partial charge on any atom is 0.181 e. The molecular weight excluding hydrogens is 164 g/mol. The number of ketones is 1. The van der Waals surface area contributed by atoms with Crippen LogP contribution in [0, 0.1) is 0 Å². The van der Waals surface area contributed by atoms with E-state index in [0.717, 1.165) is 24.2 Å². The molecule has 3 nitrogen and oxygen atoms in total. The zero-order valence-corrected chi connectivity index (χ0v) is 7.49. The van der Waals surface area contributed by atoms with Gasteiger partial charge in [0.05, 0.1) is 12.0 Å². The number of nitrogens with zero attached hydrogens (tertiary/aromatic N) is 2. The van der Waals surface area contributed by atoms with Crippen molar-refractivity contribution in [1.29, 1.82) is 0 Å². The lowest BCUT2D eigenvalue weighted by atomic mass is 10.00. The summed E-state index contributed by atoms with van der Waals surface area (Å²) in [6, 6.07) is 0.582. The Morgan fingerprint density at radius 2 is 2.23 bits per heavy atom. The molecule has 0 bridgehead atoms. The van der Waals surface area contributed by atoms with Crippen molar-refractivity contribution in [3.05, 3.63) is 17.7 Å². The van der Waals surface area contributed by atoms with Gasteiger partial charge in [-0.3, -0.25) is 4.79 Å². The van der Waals surface area contributed by atoms with Gasteiger partial charge in [-0.05, 0) is 25.7 Å². The summed E-state index contributed by atoms with van der Waals surface area (Å²) in [4.78, 5) is 15.9. The Kier molecular flexibility index (Phi) is 1.37. The van der Waals surface area contributed by atoms with Gasteiger partial charge in [-0.15, -0.1) is 0 Å². The predicted octanol–water partition coefficient (Wildman–Crippen LogP) is 1.74. The number of hydrogen-bond donors (Lipinski definition) is 0. The minimum absolute atomic E-state index is 0.297. The molecule has 2 aliphatic rings. The number of fused-ring (bicyclic) bond motifs is 1. The molecule has 0 saturated heterocycles. The Hall–Kier alpha value is -1.12. The fourth-order valence-electron chi connectivity index (χ4n) is 2.05. The van der Waals surface area contributed by atoms with Gasteiger partial charge in [0.25, 0.3) is 0 Å². The summed E-state index contributed by atoms with van der Waals surface area (Å²) in [5, 5.41) is 0. The van der Waals surface area contributed by atoms with Gasteiger partial charge in [-0.2, -0.15) is 0 Å². The van der Waals surface area contributed by atoms with Crippen LogP contribution >= 0.6 is 0 Å². The second kappa shape index (κ2) is 2.44. The van der Waals surface area contributed by atoms with Crippen LogP contribution in [0.1, 0.15) is 47.9 Å². The molecule has 0 atom stereocenters. The van der Waals surface area contributed by atoms with Gasteiger partial charge >= 0.3 is 0 Å². The van der Waals surface area contributed by atoms with Crippen LogP contribution in [0.15, 0.2) is 6.33 Å². The van der Waals surface area contributed by atoms with Crippen molar-refractivity contribution >= 4 is 5.78 Å². The minimum Gasteiger partial charge on any atom is -0.325 e. The van der Waals surface area contributed by atoms with E-state index in [-0.39, 0.29) is 0 Å². The van der Waals surface area contributed by atoms with Gasteiger partial charge < -0.3 is 4.57 Å². The SMILES string of the molecule is O=C1CCCc2ncn(C3CC3)c21. The van der Waals surface area contributed by atoms with Gasteiger partial charge in [-0.1, -0.05) is 0 Å². The second-order valence-electron chi connectivity index (χ2n) is 3.96. The first-order valence-electron chi connectivity index (χ1n) is 4.95. The molecule has 0 unspecified atom stereocenters. The Balaban J connectivity index is 2.11. The van der Waals surface area contributed by atoms with Crippen LogP contribution in [-0.2, 0) is 6.42 Å². The zero-order chi connectivity index (χ0) is 8.84. The molecule has 0 spiro atoms. The van der Waals surface area contributed by atoms with Crippen LogP contribution in [0.3, 0.4) is 0 Å². The average Bonchev–Trinajstić information content (AvgIpc) is 2.87. The number of aryl methyl sites for hydroxylation is 1. The van der Waals surface area contributed by atoms with E-state index in [2.05, 4.69) is 9.55 Å². The summed E-state index contributed by atoms with van der Waals surface area (Å²) in [6.45, 7) is 0. The molecule has 68 valence electrons. The van der Waals surface area contributed by atoms with Crippen molar-refractivity contribution in [1.82, 2.24) is 9.55 Å². The van der Waals surface area contributed by atoms with Gasteiger partial charge in [0.15, 0.2) is 5.78 Å². The Bertz CT molecular complexity index is 363.